The number of non-ortho nitro benzene ring substituents is 1. The average molecular weight is 303 g/mol. The molecular weight excluding hydrogens is 285 g/mol. The van der Waals surface area contributed by atoms with E-state index in [4.69, 9.17) is 9.05 Å². The second-order valence-electron chi connectivity index (χ2n) is 4.18. The van der Waals surface area contributed by atoms with Crippen LogP contribution < -0.4 is 5.43 Å². The number of benzene rings is 1. The number of hydrogen-bond acceptors (Lipinski definition) is 7. The SMILES string of the molecule is COP(=O)(OC)C(NN(C)C)c1ccc([N+](=O)[O-])cc1. The Balaban J connectivity index is 3.17. The molecule has 1 rings (SSSR count). The zero-order valence-corrected chi connectivity index (χ0v) is 12.7. The van der Waals surface area contributed by atoms with Crippen molar-refractivity contribution in [3.63, 3.8) is 0 Å². The first-order valence-corrected chi connectivity index (χ1v) is 7.34. The summed E-state index contributed by atoms with van der Waals surface area (Å²) in [5, 5.41) is 12.3. The van der Waals surface area contributed by atoms with Crippen LogP contribution >= 0.6 is 7.60 Å². The summed E-state index contributed by atoms with van der Waals surface area (Å²) < 4.78 is 22.5. The molecule has 0 aromatic heterocycles. The van der Waals surface area contributed by atoms with Crippen molar-refractivity contribution in [1.82, 2.24) is 10.4 Å². The molecule has 1 unspecified atom stereocenters. The summed E-state index contributed by atoms with van der Waals surface area (Å²) in [7, 11) is 2.62. The van der Waals surface area contributed by atoms with E-state index in [2.05, 4.69) is 5.43 Å². The summed E-state index contributed by atoms with van der Waals surface area (Å²) >= 11 is 0. The normalized spacial score (nSPS) is 13.4. The zero-order chi connectivity index (χ0) is 15.3. The number of nitro benzene ring substituents is 1. The highest BCUT2D eigenvalue weighted by Crippen LogP contribution is 2.58. The Hall–Kier alpha value is -1.31. The fourth-order valence-corrected chi connectivity index (χ4v) is 3.12. The van der Waals surface area contributed by atoms with E-state index < -0.39 is 18.3 Å². The van der Waals surface area contributed by atoms with Crippen molar-refractivity contribution in [3.05, 3.63) is 39.9 Å². The van der Waals surface area contributed by atoms with Crippen molar-refractivity contribution in [3.8, 4) is 0 Å². The Morgan fingerprint density at radius 1 is 1.25 bits per heavy atom. The third-order valence-electron chi connectivity index (χ3n) is 2.63. The molecule has 0 fully saturated rings. The molecule has 1 aromatic carbocycles. The number of hydrazine groups is 1. The lowest BCUT2D eigenvalue weighted by Crippen LogP contribution is -2.34. The van der Waals surface area contributed by atoms with Gasteiger partial charge in [0.2, 0.25) is 0 Å². The van der Waals surface area contributed by atoms with E-state index in [9.17, 15) is 14.7 Å². The van der Waals surface area contributed by atoms with Gasteiger partial charge in [0.05, 0.1) is 4.92 Å². The standard InChI is InChI=1S/C11H18N3O5P/c1-13(2)12-11(20(17,18-3)19-4)9-5-7-10(8-6-9)14(15)16/h5-8,11-12H,1-4H3. The van der Waals surface area contributed by atoms with E-state index in [-0.39, 0.29) is 5.69 Å². The molecule has 0 heterocycles. The highest BCUT2D eigenvalue weighted by Gasteiger charge is 2.36. The third kappa shape index (κ3) is 3.84. The van der Waals surface area contributed by atoms with Crippen LogP contribution in [-0.2, 0) is 13.6 Å². The van der Waals surface area contributed by atoms with Crippen LogP contribution in [0, 0.1) is 10.1 Å². The summed E-state index contributed by atoms with van der Waals surface area (Å²) in [6.45, 7) is 0. The Morgan fingerprint density at radius 2 is 1.75 bits per heavy atom. The predicted octanol–water partition coefficient (Wildman–Crippen LogP) is 2.15. The van der Waals surface area contributed by atoms with Crippen LogP contribution in [0.25, 0.3) is 0 Å². The van der Waals surface area contributed by atoms with Crippen LogP contribution in [0.1, 0.15) is 11.3 Å². The third-order valence-corrected chi connectivity index (χ3v) is 4.69. The molecule has 1 atom stereocenters. The minimum Gasteiger partial charge on any atom is -0.311 e. The van der Waals surface area contributed by atoms with Crippen molar-refractivity contribution >= 4 is 13.3 Å². The van der Waals surface area contributed by atoms with E-state index >= 15 is 0 Å². The molecule has 0 aliphatic rings. The predicted molar refractivity (Wildman–Crippen MR) is 74.3 cm³/mol. The van der Waals surface area contributed by atoms with Gasteiger partial charge in [0.1, 0.15) is 5.78 Å². The van der Waals surface area contributed by atoms with Crippen molar-refractivity contribution < 1.29 is 18.5 Å². The molecule has 0 spiro atoms. The number of rotatable bonds is 7. The molecule has 0 amide bonds. The van der Waals surface area contributed by atoms with Gasteiger partial charge in [-0.3, -0.25) is 14.7 Å². The molecule has 0 bridgehead atoms. The van der Waals surface area contributed by atoms with Gasteiger partial charge in [0.15, 0.2) is 0 Å². The lowest BCUT2D eigenvalue weighted by Gasteiger charge is -2.28. The van der Waals surface area contributed by atoms with Crippen LogP contribution in [0.15, 0.2) is 24.3 Å². The van der Waals surface area contributed by atoms with Gasteiger partial charge in [-0.05, 0) is 17.7 Å². The number of nitrogens with zero attached hydrogens (tertiary/aromatic N) is 2. The van der Waals surface area contributed by atoms with Crippen molar-refractivity contribution in [2.24, 2.45) is 0 Å². The molecule has 0 radical (unpaired) electrons. The van der Waals surface area contributed by atoms with Crippen LogP contribution in [0.5, 0.6) is 0 Å². The lowest BCUT2D eigenvalue weighted by atomic mass is 10.2. The second-order valence-corrected chi connectivity index (χ2v) is 6.51. The van der Waals surface area contributed by atoms with Crippen LogP contribution in [-0.4, -0.2) is 38.2 Å². The van der Waals surface area contributed by atoms with Crippen molar-refractivity contribution in [1.29, 1.82) is 0 Å². The van der Waals surface area contributed by atoms with Gasteiger partial charge in [-0.2, -0.15) is 0 Å². The molecule has 1 aromatic rings. The number of nitrogens with one attached hydrogen (secondary N) is 1. The Labute approximate surface area is 117 Å². The van der Waals surface area contributed by atoms with E-state index in [1.807, 2.05) is 0 Å². The summed E-state index contributed by atoms with van der Waals surface area (Å²) in [5.74, 6) is -0.756. The fraction of sp³-hybridized carbons (Fsp3) is 0.455. The van der Waals surface area contributed by atoms with Gasteiger partial charge in [0.25, 0.3) is 5.69 Å². The number of nitro groups is 1. The van der Waals surface area contributed by atoms with Crippen LogP contribution in [0.2, 0.25) is 0 Å². The van der Waals surface area contributed by atoms with Crippen LogP contribution in [0.4, 0.5) is 5.69 Å². The van der Waals surface area contributed by atoms with Crippen LogP contribution in [0.3, 0.4) is 0 Å². The minimum atomic E-state index is -3.43. The second kappa shape index (κ2) is 6.92. The molecule has 0 aliphatic heterocycles. The molecule has 1 N–H and O–H groups in total. The first kappa shape index (κ1) is 16.7. The number of hydrogen-bond donors (Lipinski definition) is 1. The summed E-state index contributed by atoms with van der Waals surface area (Å²) in [6.07, 6.45) is 0. The van der Waals surface area contributed by atoms with E-state index in [0.717, 1.165) is 0 Å². The largest absolute Gasteiger partial charge is 0.352 e. The molecule has 8 nitrogen and oxygen atoms in total. The van der Waals surface area contributed by atoms with Gasteiger partial charge in [0, 0.05) is 40.4 Å². The minimum absolute atomic E-state index is 0.0398. The van der Waals surface area contributed by atoms with Gasteiger partial charge >= 0.3 is 7.60 Å². The van der Waals surface area contributed by atoms with Crippen molar-refractivity contribution in [2.75, 3.05) is 28.3 Å². The molecular formula is C11H18N3O5P. The van der Waals surface area contributed by atoms with Gasteiger partial charge in [-0.15, -0.1) is 0 Å². The molecule has 9 heteroatoms. The summed E-state index contributed by atoms with van der Waals surface area (Å²) in [6, 6.07) is 5.72. The van der Waals surface area contributed by atoms with Crippen molar-refractivity contribution in [2.45, 2.75) is 5.78 Å². The maximum atomic E-state index is 12.5. The van der Waals surface area contributed by atoms with Gasteiger partial charge in [-0.1, -0.05) is 0 Å². The maximum Gasteiger partial charge on any atom is 0.352 e. The summed E-state index contributed by atoms with van der Waals surface area (Å²) in [4.78, 5) is 10.2. The average Bonchev–Trinajstić information content (AvgIpc) is 2.44. The Bertz CT molecular complexity index is 497. The smallest absolute Gasteiger partial charge is 0.311 e. The molecule has 0 aliphatic carbocycles. The lowest BCUT2D eigenvalue weighted by molar-refractivity contribution is -0.384. The molecule has 0 saturated heterocycles. The Kier molecular flexibility index (Phi) is 5.79. The Morgan fingerprint density at radius 3 is 2.10 bits per heavy atom. The highest BCUT2D eigenvalue weighted by molar-refractivity contribution is 7.54. The summed E-state index contributed by atoms with van der Waals surface area (Å²) in [5.41, 5.74) is 3.46. The van der Waals surface area contributed by atoms with E-state index in [0.29, 0.717) is 5.56 Å². The maximum absolute atomic E-state index is 12.5. The van der Waals surface area contributed by atoms with E-state index in [1.54, 1.807) is 19.1 Å². The first-order chi connectivity index (χ1) is 9.34. The fourth-order valence-electron chi connectivity index (χ4n) is 1.64. The molecule has 112 valence electrons. The monoisotopic (exact) mass is 303 g/mol. The topological polar surface area (TPSA) is 93.9 Å². The van der Waals surface area contributed by atoms with Gasteiger partial charge in [-0.25, -0.2) is 10.4 Å². The highest BCUT2D eigenvalue weighted by atomic mass is 31.2. The first-order valence-electron chi connectivity index (χ1n) is 5.73. The molecule has 0 saturated carbocycles. The van der Waals surface area contributed by atoms with Gasteiger partial charge < -0.3 is 9.05 Å². The quantitative estimate of drug-likeness (QED) is 0.468. The van der Waals surface area contributed by atoms with E-state index in [1.165, 1.54) is 38.5 Å². The molecule has 20 heavy (non-hydrogen) atoms. The zero-order valence-electron chi connectivity index (χ0n) is 11.8.